The van der Waals surface area contributed by atoms with Crippen LogP contribution in [-0.4, -0.2) is 11.1 Å². The van der Waals surface area contributed by atoms with E-state index in [1.165, 1.54) is 16.9 Å². The fourth-order valence-corrected chi connectivity index (χ4v) is 2.93. The monoisotopic (exact) mass is 313 g/mol. The second kappa shape index (κ2) is 6.15. The van der Waals surface area contributed by atoms with Crippen molar-refractivity contribution in [3.63, 3.8) is 0 Å². The highest BCUT2D eigenvalue weighted by Gasteiger charge is 2.16. The largest absolute Gasteiger partial charge is 0.455 e. The van der Waals surface area contributed by atoms with Crippen LogP contribution < -0.4 is 0 Å². The Balaban J connectivity index is 1.76. The van der Waals surface area contributed by atoms with E-state index in [1.807, 2.05) is 42.6 Å². The topological polar surface area (TPSA) is 52.3 Å². The van der Waals surface area contributed by atoms with Crippen molar-refractivity contribution < 1.29 is 14.1 Å². The molecule has 3 rings (SSSR count). The Kier molecular flexibility index (Phi) is 4.06. The molecule has 5 heteroatoms. The number of nitrogens with zero attached hydrogens (tertiary/aromatic N) is 1. The van der Waals surface area contributed by atoms with Crippen molar-refractivity contribution in [2.75, 3.05) is 0 Å². The predicted octanol–water partition coefficient (Wildman–Crippen LogP) is 4.38. The molecular weight excluding hydrogens is 298 g/mol. The van der Waals surface area contributed by atoms with Gasteiger partial charge in [-0.3, -0.25) is 0 Å². The van der Waals surface area contributed by atoms with E-state index in [1.54, 1.807) is 13.0 Å². The molecule has 2 aromatic heterocycles. The van der Waals surface area contributed by atoms with E-state index in [9.17, 15) is 4.79 Å². The predicted molar refractivity (Wildman–Crippen MR) is 84.9 cm³/mol. The molecule has 1 aromatic carbocycles. The average molecular weight is 313 g/mol. The lowest BCUT2D eigenvalue weighted by molar-refractivity contribution is 0.0471. The van der Waals surface area contributed by atoms with Gasteiger partial charge >= 0.3 is 5.97 Å². The molecule has 0 fully saturated rings. The summed E-state index contributed by atoms with van der Waals surface area (Å²) in [4.78, 5) is 12.9. The van der Waals surface area contributed by atoms with Gasteiger partial charge in [-0.15, -0.1) is 11.3 Å². The Labute approximate surface area is 132 Å². The third kappa shape index (κ3) is 3.09. The van der Waals surface area contributed by atoms with Gasteiger partial charge in [-0.2, -0.15) is 0 Å². The zero-order valence-electron chi connectivity index (χ0n) is 12.3. The number of aryl methyl sites for hydroxylation is 2. The number of carbonyl (C=O) groups excluding carboxylic acids is 1. The zero-order valence-corrected chi connectivity index (χ0v) is 13.1. The fourth-order valence-electron chi connectivity index (χ4n) is 2.12. The third-order valence-corrected chi connectivity index (χ3v) is 4.14. The van der Waals surface area contributed by atoms with Crippen molar-refractivity contribution in [1.29, 1.82) is 0 Å². The van der Waals surface area contributed by atoms with E-state index in [0.29, 0.717) is 16.3 Å². The molecule has 22 heavy (non-hydrogen) atoms. The summed E-state index contributed by atoms with van der Waals surface area (Å²) in [5.41, 5.74) is 3.70. The number of ether oxygens (including phenoxy) is 1. The molecule has 0 spiro atoms. The van der Waals surface area contributed by atoms with Crippen LogP contribution in [0.1, 0.15) is 26.7 Å². The Hall–Kier alpha value is -2.40. The molecule has 4 nitrogen and oxygen atoms in total. The van der Waals surface area contributed by atoms with Gasteiger partial charge in [-0.25, -0.2) is 4.79 Å². The molecule has 0 aliphatic carbocycles. The molecule has 0 aliphatic rings. The van der Waals surface area contributed by atoms with Crippen LogP contribution >= 0.6 is 11.3 Å². The maximum atomic E-state index is 12.3. The van der Waals surface area contributed by atoms with Gasteiger partial charge in [0, 0.05) is 11.6 Å². The lowest BCUT2D eigenvalue weighted by Crippen LogP contribution is -2.04. The molecule has 0 bridgehead atoms. The van der Waals surface area contributed by atoms with Crippen molar-refractivity contribution in [3.8, 4) is 11.1 Å². The minimum absolute atomic E-state index is 0.113. The van der Waals surface area contributed by atoms with Gasteiger partial charge in [-0.05, 0) is 30.9 Å². The number of hydrogen-bond acceptors (Lipinski definition) is 5. The molecule has 0 amide bonds. The number of aromatic nitrogens is 1. The number of benzene rings is 1. The normalized spacial score (nSPS) is 10.6. The molecule has 0 aliphatic heterocycles. The molecule has 0 N–H and O–H groups in total. The van der Waals surface area contributed by atoms with E-state index < -0.39 is 0 Å². The van der Waals surface area contributed by atoms with Crippen molar-refractivity contribution in [3.05, 3.63) is 63.7 Å². The summed E-state index contributed by atoms with van der Waals surface area (Å²) in [6.45, 7) is 3.95. The number of thiophene rings is 1. The number of carbonyl (C=O) groups is 1. The second-order valence-corrected chi connectivity index (χ2v) is 5.95. The maximum absolute atomic E-state index is 12.3. The van der Waals surface area contributed by atoms with Crippen LogP contribution in [0, 0.1) is 13.8 Å². The van der Waals surface area contributed by atoms with Crippen LogP contribution in [0.5, 0.6) is 0 Å². The SMILES string of the molecule is Cc1ccc(-c2ccsc2C(=O)OCc2cc(C)on2)cc1. The van der Waals surface area contributed by atoms with Crippen molar-refractivity contribution in [2.45, 2.75) is 20.5 Å². The van der Waals surface area contributed by atoms with E-state index in [0.717, 1.165) is 11.1 Å². The van der Waals surface area contributed by atoms with Gasteiger partial charge < -0.3 is 9.26 Å². The van der Waals surface area contributed by atoms with E-state index in [2.05, 4.69) is 5.16 Å². The highest BCUT2D eigenvalue weighted by atomic mass is 32.1. The molecule has 2 heterocycles. The lowest BCUT2D eigenvalue weighted by Gasteiger charge is -2.05. The summed E-state index contributed by atoms with van der Waals surface area (Å²) in [6, 6.07) is 11.8. The molecule has 3 aromatic rings. The Morgan fingerprint density at radius 1 is 1.23 bits per heavy atom. The van der Waals surface area contributed by atoms with E-state index >= 15 is 0 Å². The van der Waals surface area contributed by atoms with Gasteiger partial charge in [0.2, 0.25) is 0 Å². The lowest BCUT2D eigenvalue weighted by atomic mass is 10.1. The Morgan fingerprint density at radius 2 is 2.00 bits per heavy atom. The first-order chi connectivity index (χ1) is 10.6. The summed E-state index contributed by atoms with van der Waals surface area (Å²) < 4.78 is 10.3. The highest BCUT2D eigenvalue weighted by molar-refractivity contribution is 7.12. The first kappa shape index (κ1) is 14.5. The van der Waals surface area contributed by atoms with Gasteiger partial charge in [-0.1, -0.05) is 35.0 Å². The van der Waals surface area contributed by atoms with Crippen LogP contribution in [0.4, 0.5) is 0 Å². The van der Waals surface area contributed by atoms with Crippen LogP contribution in [-0.2, 0) is 11.3 Å². The molecule has 0 saturated carbocycles. The second-order valence-electron chi connectivity index (χ2n) is 5.03. The van der Waals surface area contributed by atoms with Crippen molar-refractivity contribution in [1.82, 2.24) is 5.16 Å². The quantitative estimate of drug-likeness (QED) is 0.671. The van der Waals surface area contributed by atoms with Gasteiger partial charge in [0.1, 0.15) is 22.9 Å². The molecule has 0 unspecified atom stereocenters. The fraction of sp³-hybridized carbons (Fsp3) is 0.176. The summed E-state index contributed by atoms with van der Waals surface area (Å²) in [6.07, 6.45) is 0. The van der Waals surface area contributed by atoms with Gasteiger partial charge in [0.05, 0.1) is 0 Å². The van der Waals surface area contributed by atoms with Gasteiger partial charge in [0.25, 0.3) is 0 Å². The van der Waals surface area contributed by atoms with Crippen LogP contribution in [0.2, 0.25) is 0 Å². The number of esters is 1. The van der Waals surface area contributed by atoms with E-state index in [-0.39, 0.29) is 12.6 Å². The first-order valence-corrected chi connectivity index (χ1v) is 7.75. The molecule has 0 saturated heterocycles. The van der Waals surface area contributed by atoms with Crippen molar-refractivity contribution in [2.24, 2.45) is 0 Å². The smallest absolute Gasteiger partial charge is 0.349 e. The van der Waals surface area contributed by atoms with Crippen LogP contribution in [0.15, 0.2) is 46.3 Å². The molecular formula is C17H15NO3S. The first-order valence-electron chi connectivity index (χ1n) is 6.87. The Bertz CT molecular complexity index is 786. The molecule has 0 atom stereocenters. The standard InChI is InChI=1S/C17H15NO3S/c1-11-3-5-13(6-4-11)15-7-8-22-16(15)17(19)20-10-14-9-12(2)21-18-14/h3-9H,10H2,1-2H3. The van der Waals surface area contributed by atoms with Crippen LogP contribution in [0.25, 0.3) is 11.1 Å². The highest BCUT2D eigenvalue weighted by Crippen LogP contribution is 2.29. The van der Waals surface area contributed by atoms with E-state index in [4.69, 9.17) is 9.26 Å². The summed E-state index contributed by atoms with van der Waals surface area (Å²) >= 11 is 1.38. The summed E-state index contributed by atoms with van der Waals surface area (Å²) in [5.74, 6) is 0.355. The van der Waals surface area contributed by atoms with Crippen molar-refractivity contribution >= 4 is 17.3 Å². The van der Waals surface area contributed by atoms with Crippen LogP contribution in [0.3, 0.4) is 0 Å². The third-order valence-electron chi connectivity index (χ3n) is 3.24. The van der Waals surface area contributed by atoms with Gasteiger partial charge in [0.15, 0.2) is 0 Å². The zero-order chi connectivity index (χ0) is 15.5. The molecule has 112 valence electrons. The minimum atomic E-state index is -0.341. The molecule has 0 radical (unpaired) electrons. The number of hydrogen-bond donors (Lipinski definition) is 0. The summed E-state index contributed by atoms with van der Waals surface area (Å²) in [7, 11) is 0. The summed E-state index contributed by atoms with van der Waals surface area (Å²) in [5, 5.41) is 5.71. The number of rotatable bonds is 4. The average Bonchev–Trinajstić information content (AvgIpc) is 3.14. The minimum Gasteiger partial charge on any atom is -0.455 e. The maximum Gasteiger partial charge on any atom is 0.349 e. The Morgan fingerprint density at radius 3 is 2.68 bits per heavy atom.